The zero-order valence-electron chi connectivity index (χ0n) is 11.1. The molecule has 0 radical (unpaired) electrons. The summed E-state index contributed by atoms with van der Waals surface area (Å²) < 4.78 is 0. The number of hydrogen-bond acceptors (Lipinski definition) is 2. The minimum Gasteiger partial charge on any atom is -0.399 e. The largest absolute Gasteiger partial charge is 0.399 e. The molecule has 1 fully saturated rings. The fourth-order valence-electron chi connectivity index (χ4n) is 2.11. The third-order valence-electron chi connectivity index (χ3n) is 3.52. The minimum absolute atomic E-state index is 0.279. The van der Waals surface area contributed by atoms with Crippen molar-refractivity contribution in [1.29, 1.82) is 0 Å². The van der Waals surface area contributed by atoms with Crippen LogP contribution in [0.5, 0.6) is 0 Å². The molecule has 0 unspecified atom stereocenters. The van der Waals surface area contributed by atoms with E-state index < -0.39 is 0 Å². The Labute approximate surface area is 109 Å². The van der Waals surface area contributed by atoms with Gasteiger partial charge in [-0.2, -0.15) is 0 Å². The number of hydrogen-bond donors (Lipinski definition) is 1. The van der Waals surface area contributed by atoms with Crippen LogP contribution < -0.4 is 5.73 Å². The number of carbonyl (C=O) groups is 1. The lowest BCUT2D eigenvalue weighted by Gasteiger charge is -2.20. The fourth-order valence-corrected chi connectivity index (χ4v) is 2.11. The number of aryl methyl sites for hydroxylation is 1. The molecule has 1 aliphatic carbocycles. The Morgan fingerprint density at radius 1 is 1.33 bits per heavy atom. The topological polar surface area (TPSA) is 46.3 Å². The van der Waals surface area contributed by atoms with E-state index in [2.05, 4.69) is 6.92 Å². The minimum atomic E-state index is 0.279. The van der Waals surface area contributed by atoms with E-state index in [1.54, 1.807) is 0 Å². The van der Waals surface area contributed by atoms with Crippen molar-refractivity contribution in [2.75, 3.05) is 18.8 Å². The number of nitrogen functional groups attached to an aromatic ring is 1. The second-order valence-corrected chi connectivity index (χ2v) is 5.12. The molecule has 1 saturated carbocycles. The van der Waals surface area contributed by atoms with Gasteiger partial charge in [0.2, 0.25) is 5.91 Å². The Morgan fingerprint density at radius 2 is 2.00 bits per heavy atom. The summed E-state index contributed by atoms with van der Waals surface area (Å²) >= 11 is 0. The van der Waals surface area contributed by atoms with Crippen molar-refractivity contribution in [2.45, 2.75) is 32.6 Å². The van der Waals surface area contributed by atoms with Crippen LogP contribution in [0.4, 0.5) is 5.69 Å². The summed E-state index contributed by atoms with van der Waals surface area (Å²) in [5.41, 5.74) is 7.59. The summed E-state index contributed by atoms with van der Waals surface area (Å²) in [6.07, 6.45) is 3.99. The Bertz CT molecular complexity index is 395. The molecule has 0 bridgehead atoms. The van der Waals surface area contributed by atoms with Gasteiger partial charge in [-0.1, -0.05) is 12.1 Å². The summed E-state index contributed by atoms with van der Waals surface area (Å²) in [6.45, 7) is 3.84. The van der Waals surface area contributed by atoms with Crippen LogP contribution in [0.1, 0.15) is 31.7 Å². The van der Waals surface area contributed by atoms with Crippen LogP contribution in [-0.2, 0) is 11.2 Å². The van der Waals surface area contributed by atoms with Crippen LogP contribution in [0.15, 0.2) is 24.3 Å². The van der Waals surface area contributed by atoms with Crippen molar-refractivity contribution in [2.24, 2.45) is 5.92 Å². The number of nitrogens with two attached hydrogens (primary N) is 1. The second kappa shape index (κ2) is 5.89. The summed E-state index contributed by atoms with van der Waals surface area (Å²) in [7, 11) is 0. The molecule has 0 heterocycles. The molecular weight excluding hydrogens is 224 g/mol. The molecule has 0 spiro atoms. The van der Waals surface area contributed by atoms with Gasteiger partial charge in [0, 0.05) is 25.2 Å². The van der Waals surface area contributed by atoms with Gasteiger partial charge in [-0.05, 0) is 49.8 Å². The number of nitrogens with zero attached hydrogens (tertiary/aromatic N) is 1. The predicted molar refractivity (Wildman–Crippen MR) is 74.2 cm³/mol. The Hall–Kier alpha value is -1.51. The third-order valence-corrected chi connectivity index (χ3v) is 3.52. The SMILES string of the molecule is CCN(CC1CC1)C(=O)CCc1ccc(N)cc1. The van der Waals surface area contributed by atoms with Crippen LogP contribution in [0.3, 0.4) is 0 Å². The predicted octanol–water partition coefficient (Wildman–Crippen LogP) is 2.46. The molecule has 1 aromatic carbocycles. The molecule has 0 saturated heterocycles. The third kappa shape index (κ3) is 3.76. The molecule has 1 aliphatic rings. The number of rotatable bonds is 6. The normalized spacial score (nSPS) is 14.5. The average molecular weight is 246 g/mol. The van der Waals surface area contributed by atoms with Crippen molar-refractivity contribution >= 4 is 11.6 Å². The van der Waals surface area contributed by atoms with E-state index in [-0.39, 0.29) is 5.91 Å². The monoisotopic (exact) mass is 246 g/mol. The van der Waals surface area contributed by atoms with Crippen molar-refractivity contribution in [3.63, 3.8) is 0 Å². The number of benzene rings is 1. The molecule has 1 amide bonds. The summed E-state index contributed by atoms with van der Waals surface area (Å²) in [5, 5.41) is 0. The highest BCUT2D eigenvalue weighted by Gasteiger charge is 2.25. The zero-order chi connectivity index (χ0) is 13.0. The first-order valence-corrected chi connectivity index (χ1v) is 6.81. The Morgan fingerprint density at radius 3 is 2.56 bits per heavy atom. The summed E-state index contributed by atoms with van der Waals surface area (Å²) in [4.78, 5) is 14.1. The first-order valence-electron chi connectivity index (χ1n) is 6.81. The first kappa shape index (κ1) is 12.9. The lowest BCUT2D eigenvalue weighted by molar-refractivity contribution is -0.131. The molecule has 3 heteroatoms. The fraction of sp³-hybridized carbons (Fsp3) is 0.533. The lowest BCUT2D eigenvalue weighted by Crippen LogP contribution is -2.32. The van der Waals surface area contributed by atoms with E-state index in [9.17, 15) is 4.79 Å². The highest BCUT2D eigenvalue weighted by Crippen LogP contribution is 2.29. The highest BCUT2D eigenvalue weighted by atomic mass is 16.2. The highest BCUT2D eigenvalue weighted by molar-refractivity contribution is 5.76. The number of amides is 1. The zero-order valence-corrected chi connectivity index (χ0v) is 11.1. The van der Waals surface area contributed by atoms with Gasteiger partial charge in [0.15, 0.2) is 0 Å². The van der Waals surface area contributed by atoms with Crippen LogP contribution in [0, 0.1) is 5.92 Å². The van der Waals surface area contributed by atoms with E-state index in [0.717, 1.165) is 31.1 Å². The molecule has 0 aliphatic heterocycles. The quantitative estimate of drug-likeness (QED) is 0.784. The maximum absolute atomic E-state index is 12.1. The van der Waals surface area contributed by atoms with Gasteiger partial charge in [-0.3, -0.25) is 4.79 Å². The molecule has 2 N–H and O–H groups in total. The lowest BCUT2D eigenvalue weighted by atomic mass is 10.1. The van der Waals surface area contributed by atoms with Gasteiger partial charge in [0.1, 0.15) is 0 Å². The van der Waals surface area contributed by atoms with Gasteiger partial charge in [0.25, 0.3) is 0 Å². The van der Waals surface area contributed by atoms with Crippen LogP contribution in [0.25, 0.3) is 0 Å². The van der Waals surface area contributed by atoms with Crippen LogP contribution >= 0.6 is 0 Å². The molecular formula is C15H22N2O. The van der Waals surface area contributed by atoms with Gasteiger partial charge in [-0.25, -0.2) is 0 Å². The maximum atomic E-state index is 12.1. The van der Waals surface area contributed by atoms with Crippen molar-refractivity contribution in [3.8, 4) is 0 Å². The van der Waals surface area contributed by atoms with E-state index in [4.69, 9.17) is 5.73 Å². The van der Waals surface area contributed by atoms with Crippen LogP contribution in [0.2, 0.25) is 0 Å². The number of carbonyl (C=O) groups excluding carboxylic acids is 1. The molecule has 0 atom stereocenters. The van der Waals surface area contributed by atoms with Gasteiger partial charge in [-0.15, -0.1) is 0 Å². The van der Waals surface area contributed by atoms with Gasteiger partial charge in [0.05, 0.1) is 0 Å². The molecule has 2 rings (SSSR count). The molecule has 18 heavy (non-hydrogen) atoms. The van der Waals surface area contributed by atoms with Crippen molar-refractivity contribution in [3.05, 3.63) is 29.8 Å². The second-order valence-electron chi connectivity index (χ2n) is 5.12. The Balaban J connectivity index is 1.80. The average Bonchev–Trinajstić information content (AvgIpc) is 3.19. The first-order chi connectivity index (χ1) is 8.69. The van der Waals surface area contributed by atoms with Crippen molar-refractivity contribution < 1.29 is 4.79 Å². The van der Waals surface area contributed by atoms with Gasteiger partial charge < -0.3 is 10.6 Å². The molecule has 1 aromatic rings. The smallest absolute Gasteiger partial charge is 0.222 e. The van der Waals surface area contributed by atoms with E-state index in [1.807, 2.05) is 29.2 Å². The van der Waals surface area contributed by atoms with Crippen LogP contribution in [-0.4, -0.2) is 23.9 Å². The maximum Gasteiger partial charge on any atom is 0.222 e. The molecule has 3 nitrogen and oxygen atoms in total. The Kier molecular flexibility index (Phi) is 4.24. The summed E-state index contributed by atoms with van der Waals surface area (Å²) in [5.74, 6) is 1.05. The molecule has 98 valence electrons. The van der Waals surface area contributed by atoms with E-state index in [1.165, 1.54) is 18.4 Å². The standard InChI is InChI=1S/C15H22N2O/c1-2-17(11-13-3-4-13)15(18)10-7-12-5-8-14(16)9-6-12/h5-6,8-9,13H,2-4,7,10-11,16H2,1H3. The van der Waals surface area contributed by atoms with Gasteiger partial charge >= 0.3 is 0 Å². The molecule has 0 aromatic heterocycles. The number of anilines is 1. The van der Waals surface area contributed by atoms with Crippen molar-refractivity contribution in [1.82, 2.24) is 4.90 Å². The summed E-state index contributed by atoms with van der Waals surface area (Å²) in [6, 6.07) is 7.78. The van der Waals surface area contributed by atoms with E-state index >= 15 is 0 Å². The van der Waals surface area contributed by atoms with E-state index in [0.29, 0.717) is 6.42 Å².